The Morgan fingerprint density at radius 2 is 1.91 bits per heavy atom. The first-order valence-corrected chi connectivity index (χ1v) is 4.41. The summed E-state index contributed by atoms with van der Waals surface area (Å²) in [6, 6.07) is 0.113. The van der Waals surface area contributed by atoms with Gasteiger partial charge in [-0.05, 0) is 13.8 Å². The van der Waals surface area contributed by atoms with Crippen molar-refractivity contribution in [1.82, 2.24) is 10.9 Å². The maximum Gasteiger partial charge on any atom is 1.00 e. The molecule has 0 aromatic rings. The van der Waals surface area contributed by atoms with Crippen LogP contribution in [0.4, 0.5) is 0 Å². The molecule has 0 rings (SSSR count). The summed E-state index contributed by atoms with van der Waals surface area (Å²) in [5, 5.41) is 0. The molecular formula is C4H11N2NaO3S. The zero-order valence-corrected chi connectivity index (χ0v) is 9.73. The normalized spacial score (nSPS) is 11.3. The molecule has 0 aromatic heterocycles. The fourth-order valence-electron chi connectivity index (χ4n) is 0.334. The van der Waals surface area contributed by atoms with E-state index in [9.17, 15) is 13.0 Å². The third-order valence-electron chi connectivity index (χ3n) is 0.640. The molecule has 0 spiro atoms. The molecule has 0 radical (unpaired) electrons. The van der Waals surface area contributed by atoms with E-state index in [2.05, 4.69) is 10.9 Å². The Bertz CT molecular complexity index is 180. The molecule has 0 aliphatic heterocycles. The predicted octanol–water partition coefficient (Wildman–Crippen LogP) is -4.00. The van der Waals surface area contributed by atoms with Crippen LogP contribution in [0.15, 0.2) is 0 Å². The standard InChI is InChI=1S/C4H12N2O3S.Na/c1-4(2)6-5-3-10(7,8)9;/h4-6H,3H2,1-2H3,(H,7,8,9);/q;+1/p-1. The molecule has 11 heavy (non-hydrogen) atoms. The summed E-state index contributed by atoms with van der Waals surface area (Å²) < 4.78 is 29.9. The summed E-state index contributed by atoms with van der Waals surface area (Å²) in [6.45, 7) is 3.65. The Balaban J connectivity index is 0. The van der Waals surface area contributed by atoms with Gasteiger partial charge in [-0.2, -0.15) is 0 Å². The largest absolute Gasteiger partial charge is 1.00 e. The molecule has 0 aliphatic rings. The van der Waals surface area contributed by atoms with Gasteiger partial charge in [0.1, 0.15) is 16.0 Å². The zero-order valence-electron chi connectivity index (χ0n) is 6.92. The summed E-state index contributed by atoms with van der Waals surface area (Å²) >= 11 is 0. The third-order valence-corrected chi connectivity index (χ3v) is 1.14. The van der Waals surface area contributed by atoms with Crippen molar-refractivity contribution in [2.75, 3.05) is 5.88 Å². The van der Waals surface area contributed by atoms with Crippen molar-refractivity contribution in [1.29, 1.82) is 0 Å². The van der Waals surface area contributed by atoms with Crippen molar-refractivity contribution in [2.24, 2.45) is 0 Å². The van der Waals surface area contributed by atoms with Gasteiger partial charge in [0.15, 0.2) is 0 Å². The monoisotopic (exact) mass is 190 g/mol. The minimum Gasteiger partial charge on any atom is -0.747 e. The van der Waals surface area contributed by atoms with Crippen LogP contribution in [0.2, 0.25) is 0 Å². The van der Waals surface area contributed by atoms with E-state index < -0.39 is 16.0 Å². The van der Waals surface area contributed by atoms with Crippen molar-refractivity contribution < 1.29 is 42.5 Å². The van der Waals surface area contributed by atoms with E-state index in [1.807, 2.05) is 13.8 Å². The van der Waals surface area contributed by atoms with E-state index in [0.29, 0.717) is 0 Å². The molecule has 0 bridgehead atoms. The van der Waals surface area contributed by atoms with Crippen LogP contribution in [0.1, 0.15) is 13.8 Å². The molecule has 7 heteroatoms. The van der Waals surface area contributed by atoms with Crippen molar-refractivity contribution >= 4 is 10.1 Å². The van der Waals surface area contributed by atoms with E-state index in [1.165, 1.54) is 0 Å². The van der Waals surface area contributed by atoms with Gasteiger partial charge in [0.2, 0.25) is 0 Å². The van der Waals surface area contributed by atoms with Crippen LogP contribution < -0.4 is 40.4 Å². The Morgan fingerprint density at radius 3 is 2.18 bits per heavy atom. The van der Waals surface area contributed by atoms with Crippen LogP contribution in [0, 0.1) is 0 Å². The number of hydrogen-bond donors (Lipinski definition) is 2. The second-order valence-electron chi connectivity index (χ2n) is 2.18. The van der Waals surface area contributed by atoms with E-state index in [-0.39, 0.29) is 35.6 Å². The van der Waals surface area contributed by atoms with Crippen LogP contribution in [-0.2, 0) is 10.1 Å². The Kier molecular flexibility index (Phi) is 8.30. The first-order chi connectivity index (χ1) is 4.42. The molecule has 62 valence electrons. The van der Waals surface area contributed by atoms with E-state index in [1.54, 1.807) is 0 Å². The first-order valence-electron chi connectivity index (χ1n) is 2.84. The predicted molar refractivity (Wildman–Crippen MR) is 36.0 cm³/mol. The molecule has 0 aromatic carbocycles. The number of hydrazine groups is 1. The van der Waals surface area contributed by atoms with Crippen molar-refractivity contribution in [2.45, 2.75) is 19.9 Å². The molecule has 0 saturated heterocycles. The Morgan fingerprint density at radius 1 is 1.45 bits per heavy atom. The van der Waals surface area contributed by atoms with Gasteiger partial charge in [0.05, 0.1) is 0 Å². The van der Waals surface area contributed by atoms with Crippen LogP contribution in [0.25, 0.3) is 0 Å². The summed E-state index contributed by atoms with van der Waals surface area (Å²) in [5.74, 6) is -0.578. The molecule has 0 aliphatic carbocycles. The van der Waals surface area contributed by atoms with Gasteiger partial charge in [-0.3, -0.25) is 5.43 Å². The van der Waals surface area contributed by atoms with Crippen LogP contribution in [0.5, 0.6) is 0 Å². The molecule has 0 unspecified atom stereocenters. The van der Waals surface area contributed by atoms with E-state index in [0.717, 1.165) is 0 Å². The zero-order chi connectivity index (χ0) is 8.20. The SMILES string of the molecule is CC(C)NNCS(=O)(=O)[O-].[Na+]. The van der Waals surface area contributed by atoms with Gasteiger partial charge in [0.25, 0.3) is 0 Å². The Hall–Kier alpha value is 0.830. The van der Waals surface area contributed by atoms with Crippen LogP contribution >= 0.6 is 0 Å². The molecule has 2 N–H and O–H groups in total. The van der Waals surface area contributed by atoms with Crippen molar-refractivity contribution in [3.63, 3.8) is 0 Å². The summed E-state index contributed by atoms with van der Waals surface area (Å²) in [4.78, 5) is 0. The van der Waals surface area contributed by atoms with Gasteiger partial charge < -0.3 is 4.55 Å². The van der Waals surface area contributed by atoms with Gasteiger partial charge in [0, 0.05) is 6.04 Å². The Labute approximate surface area is 88.9 Å². The average molecular weight is 190 g/mol. The maximum atomic E-state index is 9.95. The molecule has 0 saturated carbocycles. The molecule has 0 heterocycles. The number of rotatable bonds is 4. The van der Waals surface area contributed by atoms with E-state index in [4.69, 9.17) is 0 Å². The van der Waals surface area contributed by atoms with Crippen LogP contribution in [-0.4, -0.2) is 24.9 Å². The molecule has 0 atom stereocenters. The van der Waals surface area contributed by atoms with Gasteiger partial charge in [-0.15, -0.1) is 0 Å². The smallest absolute Gasteiger partial charge is 0.747 e. The number of hydrogen-bond acceptors (Lipinski definition) is 5. The molecule has 5 nitrogen and oxygen atoms in total. The summed E-state index contributed by atoms with van der Waals surface area (Å²) in [6.07, 6.45) is 0. The first kappa shape index (κ1) is 14.4. The van der Waals surface area contributed by atoms with Crippen molar-refractivity contribution in [3.8, 4) is 0 Å². The average Bonchev–Trinajstić information content (AvgIpc) is 1.59. The summed E-state index contributed by atoms with van der Waals surface area (Å²) in [7, 11) is -4.14. The minimum absolute atomic E-state index is 0. The second kappa shape index (κ2) is 6.36. The van der Waals surface area contributed by atoms with Gasteiger partial charge in [-0.1, -0.05) is 0 Å². The molecular weight excluding hydrogens is 179 g/mol. The van der Waals surface area contributed by atoms with Crippen molar-refractivity contribution in [3.05, 3.63) is 0 Å². The maximum absolute atomic E-state index is 9.95. The van der Waals surface area contributed by atoms with Gasteiger partial charge in [-0.25, -0.2) is 13.8 Å². The minimum atomic E-state index is -4.14. The fourth-order valence-corrected chi connectivity index (χ4v) is 0.594. The second-order valence-corrected chi connectivity index (χ2v) is 3.58. The molecule has 0 fully saturated rings. The van der Waals surface area contributed by atoms with Gasteiger partial charge >= 0.3 is 29.6 Å². The number of nitrogens with one attached hydrogen (secondary N) is 2. The van der Waals surface area contributed by atoms with E-state index >= 15 is 0 Å². The van der Waals surface area contributed by atoms with Crippen LogP contribution in [0.3, 0.4) is 0 Å². The third kappa shape index (κ3) is 13.8. The molecule has 0 amide bonds. The summed E-state index contributed by atoms with van der Waals surface area (Å²) in [5.41, 5.74) is 4.85. The quantitative estimate of drug-likeness (QED) is 0.268. The fraction of sp³-hybridized carbons (Fsp3) is 1.00. The topological polar surface area (TPSA) is 81.3 Å².